The molecule has 0 aromatic carbocycles. The summed E-state index contributed by atoms with van der Waals surface area (Å²) < 4.78 is 0. The molecule has 1 fully saturated rings. The van der Waals surface area contributed by atoms with E-state index >= 15 is 0 Å². The average Bonchev–Trinajstić information content (AvgIpc) is 2.73. The topological polar surface area (TPSA) is 29.1 Å². The molecule has 0 unspecified atom stereocenters. The molecule has 2 rings (SSSR count). The van der Waals surface area contributed by atoms with Crippen molar-refractivity contribution in [3.63, 3.8) is 0 Å². The number of rotatable bonds is 4. The normalized spacial score (nSPS) is 16.8. The average molecular weight is 265 g/mol. The molecule has 0 radical (unpaired) electrons. The predicted octanol–water partition coefficient (Wildman–Crippen LogP) is 4.07. The van der Waals surface area contributed by atoms with Crippen LogP contribution >= 0.6 is 11.3 Å². The molecule has 1 aromatic rings. The van der Waals surface area contributed by atoms with E-state index in [9.17, 15) is 4.79 Å². The van der Waals surface area contributed by atoms with Gasteiger partial charge in [-0.05, 0) is 37.8 Å². The van der Waals surface area contributed by atoms with Crippen molar-refractivity contribution in [1.82, 2.24) is 5.32 Å². The number of hydrogen-bond acceptors (Lipinski definition) is 2. The minimum Gasteiger partial charge on any atom is -0.349 e. The van der Waals surface area contributed by atoms with E-state index in [0.717, 1.165) is 30.6 Å². The molecule has 0 saturated heterocycles. The van der Waals surface area contributed by atoms with Crippen LogP contribution in [0.15, 0.2) is 6.07 Å². The van der Waals surface area contributed by atoms with Crippen LogP contribution in [-0.4, -0.2) is 11.9 Å². The third-order valence-electron chi connectivity index (χ3n) is 3.70. The molecule has 0 atom stereocenters. The van der Waals surface area contributed by atoms with Gasteiger partial charge in [-0.2, -0.15) is 0 Å². The van der Waals surface area contributed by atoms with Gasteiger partial charge in [0.15, 0.2) is 0 Å². The quantitative estimate of drug-likeness (QED) is 0.873. The SMILES string of the molecule is CCCc1cc(C(=O)NC2CCCCC2)sc1C. The molecule has 3 heteroatoms. The molecule has 1 saturated carbocycles. The van der Waals surface area contributed by atoms with Crippen molar-refractivity contribution in [2.75, 3.05) is 0 Å². The second-order valence-corrected chi connectivity index (χ2v) is 6.51. The van der Waals surface area contributed by atoms with Crippen LogP contribution in [0.5, 0.6) is 0 Å². The van der Waals surface area contributed by atoms with Gasteiger partial charge >= 0.3 is 0 Å². The Kier molecular flexibility index (Phi) is 4.81. The van der Waals surface area contributed by atoms with E-state index in [1.54, 1.807) is 11.3 Å². The lowest BCUT2D eigenvalue weighted by molar-refractivity contribution is 0.0932. The molecule has 100 valence electrons. The Balaban J connectivity index is 1.97. The number of aryl methyl sites for hydroxylation is 2. The monoisotopic (exact) mass is 265 g/mol. The molecule has 1 aliphatic carbocycles. The van der Waals surface area contributed by atoms with Crippen molar-refractivity contribution >= 4 is 17.2 Å². The smallest absolute Gasteiger partial charge is 0.261 e. The van der Waals surface area contributed by atoms with E-state index < -0.39 is 0 Å². The van der Waals surface area contributed by atoms with E-state index in [2.05, 4.69) is 25.2 Å². The molecule has 0 bridgehead atoms. The highest BCUT2D eigenvalue weighted by atomic mass is 32.1. The number of nitrogens with one attached hydrogen (secondary N) is 1. The van der Waals surface area contributed by atoms with Crippen molar-refractivity contribution in [2.24, 2.45) is 0 Å². The molecule has 0 aliphatic heterocycles. The zero-order chi connectivity index (χ0) is 13.0. The maximum atomic E-state index is 12.2. The van der Waals surface area contributed by atoms with Crippen LogP contribution < -0.4 is 5.32 Å². The largest absolute Gasteiger partial charge is 0.349 e. The molecule has 1 amide bonds. The number of thiophene rings is 1. The van der Waals surface area contributed by atoms with Crippen LogP contribution in [0.1, 0.15) is 65.6 Å². The zero-order valence-corrected chi connectivity index (χ0v) is 12.2. The first-order valence-electron chi connectivity index (χ1n) is 7.11. The lowest BCUT2D eigenvalue weighted by Crippen LogP contribution is -2.35. The molecule has 1 heterocycles. The first kappa shape index (κ1) is 13.6. The molecule has 2 nitrogen and oxygen atoms in total. The van der Waals surface area contributed by atoms with Gasteiger partial charge in [0.25, 0.3) is 5.91 Å². The fourth-order valence-electron chi connectivity index (χ4n) is 2.65. The first-order valence-corrected chi connectivity index (χ1v) is 7.92. The summed E-state index contributed by atoms with van der Waals surface area (Å²) >= 11 is 1.64. The van der Waals surface area contributed by atoms with Gasteiger partial charge < -0.3 is 5.32 Å². The first-order chi connectivity index (χ1) is 8.70. The van der Waals surface area contributed by atoms with E-state index in [1.165, 1.54) is 29.7 Å². The number of amides is 1. The lowest BCUT2D eigenvalue weighted by atomic mass is 9.95. The molecule has 0 spiro atoms. The van der Waals surface area contributed by atoms with Crippen molar-refractivity contribution in [3.8, 4) is 0 Å². The summed E-state index contributed by atoms with van der Waals surface area (Å²) in [6.45, 7) is 4.30. The summed E-state index contributed by atoms with van der Waals surface area (Å²) in [5, 5.41) is 3.19. The molecular weight excluding hydrogens is 242 g/mol. The van der Waals surface area contributed by atoms with Gasteiger partial charge in [0, 0.05) is 10.9 Å². The molecular formula is C15H23NOS. The third-order valence-corrected chi connectivity index (χ3v) is 4.80. The summed E-state index contributed by atoms with van der Waals surface area (Å²) in [5.41, 5.74) is 1.34. The van der Waals surface area contributed by atoms with E-state index in [-0.39, 0.29) is 5.91 Å². The fourth-order valence-corrected chi connectivity index (χ4v) is 3.63. The molecule has 1 aromatic heterocycles. The van der Waals surface area contributed by atoms with Crippen molar-refractivity contribution in [1.29, 1.82) is 0 Å². The predicted molar refractivity (Wildman–Crippen MR) is 77.4 cm³/mol. The van der Waals surface area contributed by atoms with Gasteiger partial charge in [-0.25, -0.2) is 0 Å². The fraction of sp³-hybridized carbons (Fsp3) is 0.667. The summed E-state index contributed by atoms with van der Waals surface area (Å²) in [5.74, 6) is 0.136. The highest BCUT2D eigenvalue weighted by Gasteiger charge is 2.18. The maximum absolute atomic E-state index is 12.2. The maximum Gasteiger partial charge on any atom is 0.261 e. The Morgan fingerprint density at radius 2 is 2.11 bits per heavy atom. The van der Waals surface area contributed by atoms with Gasteiger partial charge in [-0.15, -0.1) is 11.3 Å². The Morgan fingerprint density at radius 3 is 2.78 bits per heavy atom. The minimum atomic E-state index is 0.136. The second-order valence-electron chi connectivity index (χ2n) is 5.25. The van der Waals surface area contributed by atoms with Crippen LogP contribution in [0.3, 0.4) is 0 Å². The van der Waals surface area contributed by atoms with Crippen LogP contribution in [0.2, 0.25) is 0 Å². The minimum absolute atomic E-state index is 0.136. The molecule has 1 aliphatic rings. The Bertz CT molecular complexity index is 405. The van der Waals surface area contributed by atoms with Gasteiger partial charge in [0.1, 0.15) is 0 Å². The summed E-state index contributed by atoms with van der Waals surface area (Å²) in [6, 6.07) is 2.49. The summed E-state index contributed by atoms with van der Waals surface area (Å²) in [6.07, 6.45) is 8.37. The van der Waals surface area contributed by atoms with Crippen LogP contribution in [0, 0.1) is 6.92 Å². The summed E-state index contributed by atoms with van der Waals surface area (Å²) in [7, 11) is 0. The van der Waals surface area contributed by atoms with Crippen molar-refractivity contribution in [3.05, 3.63) is 21.4 Å². The second kappa shape index (κ2) is 6.37. The van der Waals surface area contributed by atoms with E-state index in [0.29, 0.717) is 6.04 Å². The van der Waals surface area contributed by atoms with Crippen molar-refractivity contribution < 1.29 is 4.79 Å². The summed E-state index contributed by atoms with van der Waals surface area (Å²) in [4.78, 5) is 14.4. The van der Waals surface area contributed by atoms with Gasteiger partial charge in [-0.1, -0.05) is 32.6 Å². The number of carbonyl (C=O) groups excluding carboxylic acids is 1. The van der Waals surface area contributed by atoms with Crippen LogP contribution in [-0.2, 0) is 6.42 Å². The highest BCUT2D eigenvalue weighted by molar-refractivity contribution is 7.14. The Morgan fingerprint density at radius 1 is 1.39 bits per heavy atom. The molecule has 1 N–H and O–H groups in total. The van der Waals surface area contributed by atoms with Crippen LogP contribution in [0.25, 0.3) is 0 Å². The van der Waals surface area contributed by atoms with Gasteiger partial charge in [0.05, 0.1) is 4.88 Å². The van der Waals surface area contributed by atoms with E-state index in [4.69, 9.17) is 0 Å². The van der Waals surface area contributed by atoms with Gasteiger partial charge in [0.2, 0.25) is 0 Å². The Labute approximate surface area is 114 Å². The van der Waals surface area contributed by atoms with Gasteiger partial charge in [-0.3, -0.25) is 4.79 Å². The highest BCUT2D eigenvalue weighted by Crippen LogP contribution is 2.24. The van der Waals surface area contributed by atoms with E-state index in [1.807, 2.05) is 0 Å². The van der Waals surface area contributed by atoms with Crippen LogP contribution in [0.4, 0.5) is 0 Å². The molecule has 18 heavy (non-hydrogen) atoms. The van der Waals surface area contributed by atoms with Crippen molar-refractivity contribution in [2.45, 2.75) is 64.8 Å². The third kappa shape index (κ3) is 3.35. The number of carbonyl (C=O) groups is 1. The number of hydrogen-bond donors (Lipinski definition) is 1. The Hall–Kier alpha value is -0.830. The lowest BCUT2D eigenvalue weighted by Gasteiger charge is -2.22. The standard InChI is InChI=1S/C15H23NOS/c1-3-7-12-10-14(18-11(12)2)15(17)16-13-8-5-4-6-9-13/h10,13H,3-9H2,1-2H3,(H,16,17). The zero-order valence-electron chi connectivity index (χ0n) is 11.4.